The number of hydrogen-bond acceptors (Lipinski definition) is 4. The van der Waals surface area contributed by atoms with Crippen LogP contribution in [-0.2, 0) is 17.6 Å². The Bertz CT molecular complexity index is 786. The van der Waals surface area contributed by atoms with Crippen molar-refractivity contribution in [2.75, 3.05) is 26.9 Å². The molecular weight excluding hydrogens is 370 g/mol. The van der Waals surface area contributed by atoms with E-state index in [1.807, 2.05) is 43.3 Å². The van der Waals surface area contributed by atoms with Gasteiger partial charge in [0.25, 0.3) is 0 Å². The van der Waals surface area contributed by atoms with Crippen LogP contribution in [0.3, 0.4) is 0 Å². The second-order valence-corrected chi connectivity index (χ2v) is 6.59. The van der Waals surface area contributed by atoms with Gasteiger partial charge >= 0.3 is 0 Å². The molecule has 2 rings (SSSR count). The molecule has 0 bridgehead atoms. The summed E-state index contributed by atoms with van der Waals surface area (Å²) in [5, 5.41) is 3.33. The van der Waals surface area contributed by atoms with Crippen LogP contribution in [0.1, 0.15) is 18.1 Å². The predicted octanol–water partition coefficient (Wildman–Crippen LogP) is 3.81. The average molecular weight is 398 g/mol. The third-order valence-electron chi connectivity index (χ3n) is 4.18. The Morgan fingerprint density at radius 2 is 1.93 bits per heavy atom. The first-order valence-electron chi connectivity index (χ1n) is 9.34. The summed E-state index contributed by atoms with van der Waals surface area (Å²) in [5.74, 6) is 3.77. The fourth-order valence-corrected chi connectivity index (χ4v) is 3.06. The van der Waals surface area contributed by atoms with E-state index in [1.54, 1.807) is 7.11 Å². The first-order valence-corrected chi connectivity index (χ1v) is 9.75. The Hall–Kier alpha value is -2.55. The average Bonchev–Trinajstić information content (AvgIpc) is 2.73. The van der Waals surface area contributed by atoms with Crippen LogP contribution < -0.4 is 14.8 Å². The Kier molecular flexibility index (Phi) is 9.33. The maximum atomic E-state index is 5.84. The summed E-state index contributed by atoms with van der Waals surface area (Å²) in [6.45, 7) is 3.53. The summed E-state index contributed by atoms with van der Waals surface area (Å²) in [4.78, 5) is 0.728. The smallest absolute Gasteiger partial charge is 0.162 e. The number of methoxy groups -OCH3 is 1. The van der Waals surface area contributed by atoms with E-state index in [9.17, 15) is 0 Å². The molecule has 0 aliphatic rings. The van der Waals surface area contributed by atoms with Gasteiger partial charge in [-0.1, -0.05) is 54.5 Å². The molecule has 0 saturated carbocycles. The van der Waals surface area contributed by atoms with Gasteiger partial charge in [0.1, 0.15) is 17.7 Å². The van der Waals surface area contributed by atoms with Crippen LogP contribution in [0.2, 0.25) is 0 Å². The topological polar surface area (TPSA) is 39.7 Å². The zero-order chi connectivity index (χ0) is 20.2. The summed E-state index contributed by atoms with van der Waals surface area (Å²) in [6, 6.07) is 16.1. The molecule has 0 fully saturated rings. The van der Waals surface area contributed by atoms with E-state index < -0.39 is 0 Å². The molecule has 1 atom stereocenters. The Labute approximate surface area is 173 Å². The lowest BCUT2D eigenvalue weighted by molar-refractivity contribution is 0.109. The molecule has 0 unspecified atom stereocenters. The van der Waals surface area contributed by atoms with Crippen molar-refractivity contribution in [1.82, 2.24) is 5.32 Å². The van der Waals surface area contributed by atoms with Crippen molar-refractivity contribution in [3.8, 4) is 23.8 Å². The van der Waals surface area contributed by atoms with Gasteiger partial charge in [-0.05, 0) is 36.6 Å². The summed E-state index contributed by atoms with van der Waals surface area (Å²) in [5.41, 5.74) is 2.33. The van der Waals surface area contributed by atoms with Crippen LogP contribution >= 0.6 is 12.2 Å². The second-order valence-electron chi connectivity index (χ2n) is 6.15. The monoisotopic (exact) mass is 397 g/mol. The lowest BCUT2D eigenvalue weighted by Gasteiger charge is -2.20. The van der Waals surface area contributed by atoms with Crippen LogP contribution in [0.15, 0.2) is 48.5 Å². The molecule has 2 aromatic rings. The third-order valence-corrected chi connectivity index (χ3v) is 4.58. The molecule has 4 nitrogen and oxygen atoms in total. The van der Waals surface area contributed by atoms with E-state index in [1.165, 1.54) is 5.56 Å². The molecule has 28 heavy (non-hydrogen) atoms. The predicted molar refractivity (Wildman–Crippen MR) is 117 cm³/mol. The summed E-state index contributed by atoms with van der Waals surface area (Å²) in [7, 11) is 1.62. The molecular formula is C23H27NO3S. The minimum absolute atomic E-state index is 0.128. The highest BCUT2D eigenvalue weighted by Crippen LogP contribution is 2.28. The minimum atomic E-state index is -0.128. The van der Waals surface area contributed by atoms with Gasteiger partial charge in [-0.3, -0.25) is 0 Å². The SMILES string of the molecule is C#CCOc1ccc(CCNC(=S)[C@@H](Cc2ccccc2)OCC)cc1OC. The van der Waals surface area contributed by atoms with Crippen molar-refractivity contribution < 1.29 is 14.2 Å². The summed E-state index contributed by atoms with van der Waals surface area (Å²) >= 11 is 5.57. The van der Waals surface area contributed by atoms with E-state index in [4.69, 9.17) is 32.9 Å². The number of thiocarbonyl (C=S) groups is 1. The number of hydrogen-bond donors (Lipinski definition) is 1. The van der Waals surface area contributed by atoms with Gasteiger partial charge < -0.3 is 19.5 Å². The van der Waals surface area contributed by atoms with Crippen LogP contribution in [0.5, 0.6) is 11.5 Å². The molecule has 2 aromatic carbocycles. The first kappa shape index (κ1) is 21.7. The minimum Gasteiger partial charge on any atom is -0.493 e. The Morgan fingerprint density at radius 3 is 2.61 bits per heavy atom. The van der Waals surface area contributed by atoms with Crippen LogP contribution in [-0.4, -0.2) is 38.0 Å². The van der Waals surface area contributed by atoms with Crippen LogP contribution in [0, 0.1) is 12.3 Å². The lowest BCUT2D eigenvalue weighted by Crippen LogP contribution is -2.37. The number of terminal acetylenes is 1. The molecule has 0 heterocycles. The lowest BCUT2D eigenvalue weighted by atomic mass is 10.1. The van der Waals surface area contributed by atoms with Crippen molar-refractivity contribution in [2.45, 2.75) is 25.9 Å². The largest absolute Gasteiger partial charge is 0.493 e. The van der Waals surface area contributed by atoms with Crippen LogP contribution in [0.4, 0.5) is 0 Å². The van der Waals surface area contributed by atoms with Gasteiger partial charge in [0.2, 0.25) is 0 Å². The normalized spacial score (nSPS) is 11.3. The van der Waals surface area contributed by atoms with Crippen LogP contribution in [0.25, 0.3) is 0 Å². The number of nitrogens with one attached hydrogen (secondary N) is 1. The maximum Gasteiger partial charge on any atom is 0.162 e. The number of benzene rings is 2. The van der Waals surface area contributed by atoms with E-state index in [-0.39, 0.29) is 12.7 Å². The molecule has 0 aromatic heterocycles. The molecule has 0 radical (unpaired) electrons. The van der Waals surface area contributed by atoms with E-state index in [0.717, 1.165) is 23.4 Å². The maximum absolute atomic E-state index is 5.84. The second kappa shape index (κ2) is 12.0. The molecule has 5 heteroatoms. The number of ether oxygens (including phenoxy) is 3. The van der Waals surface area contributed by atoms with Gasteiger partial charge in [0.15, 0.2) is 11.5 Å². The van der Waals surface area contributed by atoms with E-state index >= 15 is 0 Å². The van der Waals surface area contributed by atoms with Gasteiger partial charge in [0, 0.05) is 19.6 Å². The molecule has 0 aliphatic heterocycles. The molecule has 0 aliphatic carbocycles. The summed E-state index contributed by atoms with van der Waals surface area (Å²) in [6.07, 6.45) is 6.67. The van der Waals surface area contributed by atoms with Crippen molar-refractivity contribution in [1.29, 1.82) is 0 Å². The van der Waals surface area contributed by atoms with Gasteiger partial charge in [0.05, 0.1) is 7.11 Å². The summed E-state index contributed by atoms with van der Waals surface area (Å²) < 4.78 is 16.7. The van der Waals surface area contributed by atoms with Gasteiger partial charge in [-0.2, -0.15) is 0 Å². The molecule has 1 N–H and O–H groups in total. The Balaban J connectivity index is 1.89. The molecule has 0 saturated heterocycles. The molecule has 0 spiro atoms. The zero-order valence-electron chi connectivity index (χ0n) is 16.4. The van der Waals surface area contributed by atoms with E-state index in [2.05, 4.69) is 23.4 Å². The van der Waals surface area contributed by atoms with Crippen molar-refractivity contribution in [3.63, 3.8) is 0 Å². The third kappa shape index (κ3) is 6.88. The first-order chi connectivity index (χ1) is 13.7. The highest BCUT2D eigenvalue weighted by atomic mass is 32.1. The number of rotatable bonds is 11. The molecule has 148 valence electrons. The zero-order valence-corrected chi connectivity index (χ0v) is 17.3. The van der Waals surface area contributed by atoms with Crippen molar-refractivity contribution >= 4 is 17.2 Å². The van der Waals surface area contributed by atoms with Crippen molar-refractivity contribution in [3.05, 3.63) is 59.7 Å². The quantitative estimate of drug-likeness (QED) is 0.461. The fourth-order valence-electron chi connectivity index (χ4n) is 2.81. The fraction of sp³-hybridized carbons (Fsp3) is 0.348. The van der Waals surface area contributed by atoms with Crippen molar-refractivity contribution in [2.24, 2.45) is 0 Å². The Morgan fingerprint density at radius 1 is 1.14 bits per heavy atom. The van der Waals surface area contributed by atoms with E-state index in [0.29, 0.717) is 24.7 Å². The standard InChI is InChI=1S/C23H27NO3S/c1-4-15-27-20-12-11-19(16-21(20)25-3)13-14-24-23(28)22(26-5-2)17-18-9-7-6-8-10-18/h1,6-12,16,22H,5,13-15,17H2,2-3H3,(H,24,28)/t22-/m1/s1. The molecule has 0 amide bonds. The highest BCUT2D eigenvalue weighted by molar-refractivity contribution is 7.80. The van der Waals surface area contributed by atoms with Gasteiger partial charge in [-0.25, -0.2) is 0 Å². The highest BCUT2D eigenvalue weighted by Gasteiger charge is 2.15. The van der Waals surface area contributed by atoms with Gasteiger partial charge in [-0.15, -0.1) is 6.42 Å².